The van der Waals surface area contributed by atoms with Gasteiger partial charge in [-0.2, -0.15) is 0 Å². The van der Waals surface area contributed by atoms with Gasteiger partial charge in [-0.3, -0.25) is 4.90 Å². The summed E-state index contributed by atoms with van der Waals surface area (Å²) >= 11 is 0. The van der Waals surface area contributed by atoms with Crippen LogP contribution in [-0.4, -0.2) is 16.6 Å². The van der Waals surface area contributed by atoms with Crippen LogP contribution in [0, 0.1) is 6.92 Å². The maximum absolute atomic E-state index is 6.29. The lowest BCUT2D eigenvalue weighted by Gasteiger charge is -2.31. The number of pyridine rings is 1. The zero-order chi connectivity index (χ0) is 18.9. The largest absolute Gasteiger partial charge is 0.475 e. The Morgan fingerprint density at radius 1 is 0.893 bits per heavy atom. The molecule has 1 aliphatic rings. The Morgan fingerprint density at radius 2 is 1.64 bits per heavy atom. The van der Waals surface area contributed by atoms with Gasteiger partial charge in [-0.25, -0.2) is 4.98 Å². The third-order valence-electron chi connectivity index (χ3n) is 5.30. The monoisotopic (exact) mass is 366 g/mol. The van der Waals surface area contributed by atoms with E-state index < -0.39 is 0 Å². The number of hydrogen-bond donors (Lipinski definition) is 0. The fraction of sp³-hybridized carbons (Fsp3) is 0.160. The molecule has 0 amide bonds. The standard InChI is InChI=1S/C25H22N2O/c1-18-11-13-19(14-12-18)15-27-16-22-21-9-5-6-10-23(21)26-24(25(22)28-17-27)20-7-3-2-4-8-20/h2-14H,15-17H2,1H3. The Kier molecular flexibility index (Phi) is 4.30. The van der Waals surface area contributed by atoms with Crippen molar-refractivity contribution in [3.05, 3.63) is 95.6 Å². The summed E-state index contributed by atoms with van der Waals surface area (Å²) in [4.78, 5) is 7.28. The van der Waals surface area contributed by atoms with E-state index in [0.717, 1.165) is 35.6 Å². The van der Waals surface area contributed by atoms with Crippen LogP contribution in [0.3, 0.4) is 0 Å². The lowest BCUT2D eigenvalue weighted by atomic mass is 10.0. The van der Waals surface area contributed by atoms with Crippen LogP contribution in [0.1, 0.15) is 16.7 Å². The minimum Gasteiger partial charge on any atom is -0.475 e. The summed E-state index contributed by atoms with van der Waals surface area (Å²) < 4.78 is 6.29. The van der Waals surface area contributed by atoms with E-state index in [-0.39, 0.29) is 0 Å². The molecule has 0 unspecified atom stereocenters. The van der Waals surface area contributed by atoms with Crippen molar-refractivity contribution in [1.29, 1.82) is 0 Å². The summed E-state index contributed by atoms with van der Waals surface area (Å²) in [6.07, 6.45) is 0. The molecule has 0 atom stereocenters. The number of nitrogens with zero attached hydrogens (tertiary/aromatic N) is 2. The summed E-state index contributed by atoms with van der Waals surface area (Å²) in [6.45, 7) is 4.41. The highest BCUT2D eigenvalue weighted by Gasteiger charge is 2.24. The first-order valence-electron chi connectivity index (χ1n) is 9.66. The third kappa shape index (κ3) is 3.14. The van der Waals surface area contributed by atoms with E-state index in [4.69, 9.17) is 9.72 Å². The van der Waals surface area contributed by atoms with Crippen molar-refractivity contribution in [1.82, 2.24) is 9.88 Å². The number of aryl methyl sites for hydroxylation is 1. The molecule has 0 radical (unpaired) electrons. The first kappa shape index (κ1) is 17.0. The molecule has 3 aromatic carbocycles. The molecule has 1 aromatic heterocycles. The summed E-state index contributed by atoms with van der Waals surface area (Å²) in [7, 11) is 0. The maximum atomic E-state index is 6.29. The van der Waals surface area contributed by atoms with Crippen LogP contribution < -0.4 is 4.74 Å². The number of hydrogen-bond acceptors (Lipinski definition) is 3. The molecule has 1 aliphatic heterocycles. The van der Waals surface area contributed by atoms with Gasteiger partial charge in [0.25, 0.3) is 0 Å². The normalized spacial score (nSPS) is 13.9. The van der Waals surface area contributed by atoms with Crippen LogP contribution in [0.4, 0.5) is 0 Å². The Labute approximate surface area is 165 Å². The summed E-state index contributed by atoms with van der Waals surface area (Å²) in [5, 5.41) is 1.17. The van der Waals surface area contributed by atoms with Gasteiger partial charge in [0.1, 0.15) is 12.4 Å². The molecule has 0 bridgehead atoms. The fourth-order valence-corrected chi connectivity index (χ4v) is 3.85. The minimum absolute atomic E-state index is 0.570. The molecule has 0 saturated heterocycles. The zero-order valence-corrected chi connectivity index (χ0v) is 15.9. The van der Waals surface area contributed by atoms with Crippen molar-refractivity contribution < 1.29 is 4.74 Å². The van der Waals surface area contributed by atoms with Crippen LogP contribution >= 0.6 is 0 Å². The van der Waals surface area contributed by atoms with Gasteiger partial charge in [0, 0.05) is 29.6 Å². The maximum Gasteiger partial charge on any atom is 0.152 e. The topological polar surface area (TPSA) is 25.4 Å². The molecule has 0 spiro atoms. The second-order valence-corrected chi connectivity index (χ2v) is 7.40. The van der Waals surface area contributed by atoms with E-state index in [1.165, 1.54) is 22.1 Å². The first-order chi connectivity index (χ1) is 13.8. The van der Waals surface area contributed by atoms with Crippen LogP contribution in [0.2, 0.25) is 0 Å². The highest BCUT2D eigenvalue weighted by molar-refractivity contribution is 5.89. The van der Waals surface area contributed by atoms with Crippen LogP contribution in [-0.2, 0) is 13.1 Å². The second-order valence-electron chi connectivity index (χ2n) is 7.40. The molecule has 0 N–H and O–H groups in total. The molecular weight excluding hydrogens is 344 g/mol. The van der Waals surface area contributed by atoms with Gasteiger partial charge >= 0.3 is 0 Å². The number of aromatic nitrogens is 1. The molecule has 4 aromatic rings. The van der Waals surface area contributed by atoms with E-state index in [9.17, 15) is 0 Å². The third-order valence-corrected chi connectivity index (χ3v) is 5.30. The van der Waals surface area contributed by atoms with Gasteiger partial charge < -0.3 is 4.74 Å². The molecular formula is C25H22N2O. The summed E-state index contributed by atoms with van der Waals surface area (Å²) in [5.41, 5.74) is 6.86. The molecule has 3 nitrogen and oxygen atoms in total. The number of fused-ring (bicyclic) bond motifs is 3. The number of rotatable bonds is 3. The molecule has 28 heavy (non-hydrogen) atoms. The smallest absolute Gasteiger partial charge is 0.152 e. The Bertz CT molecular complexity index is 1120. The predicted octanol–water partition coefficient (Wildman–Crippen LogP) is 5.56. The van der Waals surface area contributed by atoms with Crippen molar-refractivity contribution in [3.8, 4) is 17.0 Å². The molecule has 2 heterocycles. The van der Waals surface area contributed by atoms with Gasteiger partial charge in [-0.15, -0.1) is 0 Å². The predicted molar refractivity (Wildman–Crippen MR) is 113 cm³/mol. The van der Waals surface area contributed by atoms with Crippen molar-refractivity contribution in [3.63, 3.8) is 0 Å². The van der Waals surface area contributed by atoms with Crippen LogP contribution in [0.25, 0.3) is 22.2 Å². The Morgan fingerprint density at radius 3 is 2.46 bits per heavy atom. The van der Waals surface area contributed by atoms with E-state index >= 15 is 0 Å². The van der Waals surface area contributed by atoms with Crippen molar-refractivity contribution >= 4 is 10.9 Å². The molecule has 3 heteroatoms. The molecule has 0 saturated carbocycles. The Hall–Kier alpha value is -3.17. The number of ether oxygens (including phenoxy) is 1. The van der Waals surface area contributed by atoms with E-state index in [1.807, 2.05) is 24.3 Å². The Balaban J connectivity index is 1.56. The lowest BCUT2D eigenvalue weighted by molar-refractivity contribution is 0.0899. The lowest BCUT2D eigenvalue weighted by Crippen LogP contribution is -2.32. The van der Waals surface area contributed by atoms with E-state index in [0.29, 0.717) is 6.73 Å². The van der Waals surface area contributed by atoms with Gasteiger partial charge in [-0.05, 0) is 18.6 Å². The van der Waals surface area contributed by atoms with Gasteiger partial charge in [0.05, 0.1) is 5.52 Å². The van der Waals surface area contributed by atoms with Crippen molar-refractivity contribution in [2.75, 3.05) is 6.73 Å². The van der Waals surface area contributed by atoms with Crippen molar-refractivity contribution in [2.24, 2.45) is 0 Å². The highest BCUT2D eigenvalue weighted by Crippen LogP contribution is 2.39. The quantitative estimate of drug-likeness (QED) is 0.474. The van der Waals surface area contributed by atoms with Crippen LogP contribution in [0.15, 0.2) is 78.9 Å². The summed E-state index contributed by atoms with van der Waals surface area (Å²) in [5.74, 6) is 0.921. The molecule has 138 valence electrons. The second kappa shape index (κ2) is 7.10. The fourth-order valence-electron chi connectivity index (χ4n) is 3.85. The van der Waals surface area contributed by atoms with Crippen LogP contribution in [0.5, 0.6) is 5.75 Å². The number of para-hydroxylation sites is 1. The van der Waals surface area contributed by atoms with Crippen molar-refractivity contribution in [2.45, 2.75) is 20.0 Å². The zero-order valence-electron chi connectivity index (χ0n) is 15.9. The average molecular weight is 366 g/mol. The number of benzene rings is 3. The average Bonchev–Trinajstić information content (AvgIpc) is 2.75. The molecule has 0 aliphatic carbocycles. The minimum atomic E-state index is 0.570. The SMILES string of the molecule is Cc1ccc(CN2COc3c(-c4ccccc4)nc4ccccc4c3C2)cc1. The first-order valence-corrected chi connectivity index (χ1v) is 9.66. The van der Waals surface area contributed by atoms with Gasteiger partial charge in [0.15, 0.2) is 5.75 Å². The van der Waals surface area contributed by atoms with E-state index in [1.54, 1.807) is 0 Å². The molecule has 0 fully saturated rings. The molecule has 5 rings (SSSR count). The highest BCUT2D eigenvalue weighted by atomic mass is 16.5. The van der Waals surface area contributed by atoms with Gasteiger partial charge in [-0.1, -0.05) is 78.4 Å². The summed E-state index contributed by atoms with van der Waals surface area (Å²) in [6, 6.07) is 27.4. The van der Waals surface area contributed by atoms with Gasteiger partial charge in [0.2, 0.25) is 0 Å². The van der Waals surface area contributed by atoms with E-state index in [2.05, 4.69) is 66.4 Å².